The molecule has 17 heavy (non-hydrogen) atoms. The molecule has 1 atom stereocenters. The van der Waals surface area contributed by atoms with Crippen LogP contribution in [0.25, 0.3) is 0 Å². The lowest BCUT2D eigenvalue weighted by atomic mass is 10.2. The molecule has 96 valence electrons. The van der Waals surface area contributed by atoms with E-state index in [1.54, 1.807) is 0 Å². The summed E-state index contributed by atoms with van der Waals surface area (Å²) in [4.78, 5) is 0. The first-order valence-corrected chi connectivity index (χ1v) is 6.63. The molecule has 2 rings (SSSR count). The van der Waals surface area contributed by atoms with Crippen molar-refractivity contribution >= 4 is 0 Å². The molecule has 1 aliphatic heterocycles. The second-order valence-corrected chi connectivity index (χ2v) is 4.49. The minimum Gasteiger partial charge on any atom is -0.353 e. The second-order valence-electron chi connectivity index (χ2n) is 4.49. The van der Waals surface area contributed by atoms with Gasteiger partial charge in [-0.2, -0.15) is 5.10 Å². The van der Waals surface area contributed by atoms with Crippen LogP contribution < -0.4 is 0 Å². The van der Waals surface area contributed by atoms with Crippen LogP contribution in [0.15, 0.2) is 12.4 Å². The third-order valence-corrected chi connectivity index (χ3v) is 3.07. The van der Waals surface area contributed by atoms with Crippen molar-refractivity contribution in [1.82, 2.24) is 9.78 Å². The van der Waals surface area contributed by atoms with Gasteiger partial charge in [0.25, 0.3) is 0 Å². The van der Waals surface area contributed by atoms with Gasteiger partial charge in [-0.3, -0.25) is 4.68 Å². The van der Waals surface area contributed by atoms with E-state index in [0.29, 0.717) is 0 Å². The number of rotatable bonds is 6. The van der Waals surface area contributed by atoms with E-state index in [9.17, 15) is 0 Å². The molecular weight excluding hydrogens is 216 g/mol. The van der Waals surface area contributed by atoms with Crippen LogP contribution in [0.4, 0.5) is 0 Å². The van der Waals surface area contributed by atoms with Gasteiger partial charge in [0.2, 0.25) is 0 Å². The van der Waals surface area contributed by atoms with Crippen LogP contribution in [0.5, 0.6) is 0 Å². The van der Waals surface area contributed by atoms with Crippen LogP contribution in [0.1, 0.15) is 38.2 Å². The van der Waals surface area contributed by atoms with E-state index >= 15 is 0 Å². The molecule has 0 radical (unpaired) electrons. The summed E-state index contributed by atoms with van der Waals surface area (Å²) in [6, 6.07) is 0. The molecule has 2 heterocycles. The van der Waals surface area contributed by atoms with Gasteiger partial charge >= 0.3 is 0 Å². The van der Waals surface area contributed by atoms with Crippen molar-refractivity contribution < 1.29 is 9.47 Å². The van der Waals surface area contributed by atoms with Crippen molar-refractivity contribution in [1.29, 1.82) is 0 Å². The van der Waals surface area contributed by atoms with Gasteiger partial charge < -0.3 is 9.47 Å². The van der Waals surface area contributed by atoms with Gasteiger partial charge in [0.05, 0.1) is 12.8 Å². The van der Waals surface area contributed by atoms with E-state index in [4.69, 9.17) is 9.47 Å². The summed E-state index contributed by atoms with van der Waals surface area (Å²) in [5, 5.41) is 4.30. The molecule has 1 aliphatic rings. The quantitative estimate of drug-likeness (QED) is 0.714. The van der Waals surface area contributed by atoms with Crippen molar-refractivity contribution in [3.05, 3.63) is 18.0 Å². The zero-order valence-corrected chi connectivity index (χ0v) is 10.6. The average Bonchev–Trinajstić information content (AvgIpc) is 2.84. The Hall–Kier alpha value is -0.870. The molecule has 0 aromatic carbocycles. The molecule has 0 aliphatic carbocycles. The van der Waals surface area contributed by atoms with E-state index in [0.717, 1.165) is 39.0 Å². The Labute approximate surface area is 103 Å². The van der Waals surface area contributed by atoms with Gasteiger partial charge in [0.15, 0.2) is 6.29 Å². The summed E-state index contributed by atoms with van der Waals surface area (Å²) in [5.74, 6) is 0. The molecule has 4 heteroatoms. The van der Waals surface area contributed by atoms with Crippen molar-refractivity contribution in [2.24, 2.45) is 0 Å². The smallest absolute Gasteiger partial charge is 0.157 e. The number of aromatic nitrogens is 2. The minimum absolute atomic E-state index is 0.0348. The van der Waals surface area contributed by atoms with E-state index < -0.39 is 0 Å². The highest BCUT2D eigenvalue weighted by molar-refractivity contribution is 5.02. The maximum atomic E-state index is 5.67. The summed E-state index contributed by atoms with van der Waals surface area (Å²) < 4.78 is 13.2. The highest BCUT2D eigenvalue weighted by Crippen LogP contribution is 2.13. The van der Waals surface area contributed by atoms with Gasteiger partial charge in [0, 0.05) is 19.3 Å². The van der Waals surface area contributed by atoms with Crippen LogP contribution in [0, 0.1) is 0 Å². The first-order valence-electron chi connectivity index (χ1n) is 6.63. The molecule has 1 unspecified atom stereocenters. The molecule has 0 saturated carbocycles. The fourth-order valence-electron chi connectivity index (χ4n) is 2.00. The molecule has 1 aromatic rings. The lowest BCUT2D eigenvalue weighted by Crippen LogP contribution is -2.23. The molecular formula is C13H22N2O2. The Morgan fingerprint density at radius 1 is 1.53 bits per heavy atom. The molecule has 1 fully saturated rings. The summed E-state index contributed by atoms with van der Waals surface area (Å²) >= 11 is 0. The largest absolute Gasteiger partial charge is 0.353 e. The Morgan fingerprint density at radius 2 is 2.47 bits per heavy atom. The molecule has 1 saturated heterocycles. The zero-order valence-electron chi connectivity index (χ0n) is 10.6. The van der Waals surface area contributed by atoms with Crippen LogP contribution in [-0.2, 0) is 22.4 Å². The first-order chi connectivity index (χ1) is 8.38. The van der Waals surface area contributed by atoms with Crippen molar-refractivity contribution in [2.45, 2.75) is 51.9 Å². The highest BCUT2D eigenvalue weighted by atomic mass is 16.7. The SMILES string of the molecule is CCc1cnn(CCCOC2CCCCO2)c1. The maximum absolute atomic E-state index is 5.67. The third kappa shape index (κ3) is 4.13. The van der Waals surface area contributed by atoms with E-state index in [-0.39, 0.29) is 6.29 Å². The predicted octanol–water partition coefficient (Wildman–Crippen LogP) is 2.38. The minimum atomic E-state index is 0.0348. The first kappa shape index (κ1) is 12.6. The molecule has 1 aromatic heterocycles. The summed E-state index contributed by atoms with van der Waals surface area (Å²) in [5.41, 5.74) is 1.29. The lowest BCUT2D eigenvalue weighted by Gasteiger charge is -2.22. The van der Waals surface area contributed by atoms with E-state index in [2.05, 4.69) is 18.2 Å². The fraction of sp³-hybridized carbons (Fsp3) is 0.769. The lowest BCUT2D eigenvalue weighted by molar-refractivity contribution is -0.163. The summed E-state index contributed by atoms with van der Waals surface area (Å²) in [6.07, 6.45) is 9.56. The van der Waals surface area contributed by atoms with Crippen LogP contribution in [0.3, 0.4) is 0 Å². The maximum Gasteiger partial charge on any atom is 0.157 e. The van der Waals surface area contributed by atoms with Gasteiger partial charge in [-0.1, -0.05) is 6.92 Å². The second kappa shape index (κ2) is 6.77. The predicted molar refractivity (Wildman–Crippen MR) is 65.8 cm³/mol. The Morgan fingerprint density at radius 3 is 3.18 bits per heavy atom. The number of nitrogens with zero attached hydrogens (tertiary/aromatic N) is 2. The fourth-order valence-corrected chi connectivity index (χ4v) is 2.00. The van der Waals surface area contributed by atoms with Gasteiger partial charge in [-0.15, -0.1) is 0 Å². The molecule has 0 bridgehead atoms. The highest BCUT2D eigenvalue weighted by Gasteiger charge is 2.13. The molecule has 0 amide bonds. The van der Waals surface area contributed by atoms with Gasteiger partial charge in [-0.05, 0) is 37.7 Å². The summed E-state index contributed by atoms with van der Waals surface area (Å²) in [6.45, 7) is 4.67. The number of aryl methyl sites for hydroxylation is 2. The van der Waals surface area contributed by atoms with Crippen molar-refractivity contribution in [2.75, 3.05) is 13.2 Å². The van der Waals surface area contributed by atoms with E-state index in [1.807, 2.05) is 10.9 Å². The van der Waals surface area contributed by atoms with Crippen molar-refractivity contribution in [3.63, 3.8) is 0 Å². The Bertz CT molecular complexity index is 319. The van der Waals surface area contributed by atoms with Gasteiger partial charge in [-0.25, -0.2) is 0 Å². The number of hydrogen-bond donors (Lipinski definition) is 0. The van der Waals surface area contributed by atoms with Crippen LogP contribution in [-0.4, -0.2) is 29.3 Å². The third-order valence-electron chi connectivity index (χ3n) is 3.07. The molecule has 0 N–H and O–H groups in total. The topological polar surface area (TPSA) is 36.3 Å². The average molecular weight is 238 g/mol. The van der Waals surface area contributed by atoms with Crippen LogP contribution >= 0.6 is 0 Å². The van der Waals surface area contributed by atoms with Crippen molar-refractivity contribution in [3.8, 4) is 0 Å². The normalized spacial score (nSPS) is 20.6. The van der Waals surface area contributed by atoms with E-state index in [1.165, 1.54) is 18.4 Å². The number of hydrogen-bond acceptors (Lipinski definition) is 3. The zero-order chi connectivity index (χ0) is 11.9. The Kier molecular flexibility index (Phi) is 5.01. The monoisotopic (exact) mass is 238 g/mol. The molecule has 0 spiro atoms. The van der Waals surface area contributed by atoms with Crippen LogP contribution in [0.2, 0.25) is 0 Å². The standard InChI is InChI=1S/C13H22N2O2/c1-2-12-10-14-15(11-12)7-5-9-17-13-6-3-4-8-16-13/h10-11,13H,2-9H2,1H3. The number of ether oxygens (including phenoxy) is 2. The Balaban J connectivity index is 1.59. The summed E-state index contributed by atoms with van der Waals surface area (Å²) in [7, 11) is 0. The molecule has 4 nitrogen and oxygen atoms in total. The van der Waals surface area contributed by atoms with Gasteiger partial charge in [0.1, 0.15) is 0 Å².